The molecule has 1 aromatic carbocycles. The predicted octanol–water partition coefficient (Wildman–Crippen LogP) is 2.91. The molecule has 0 heterocycles. The molecule has 0 aliphatic rings. The van der Waals surface area contributed by atoms with Gasteiger partial charge in [-0.25, -0.2) is 4.79 Å². The van der Waals surface area contributed by atoms with Gasteiger partial charge in [0, 0.05) is 29.7 Å². The third kappa shape index (κ3) is 10.5. The number of esters is 1. The predicted molar refractivity (Wildman–Crippen MR) is 87.9 cm³/mol. The fourth-order valence-electron chi connectivity index (χ4n) is 1.32. The zero-order valence-electron chi connectivity index (χ0n) is 12.9. The van der Waals surface area contributed by atoms with E-state index in [9.17, 15) is 9.90 Å². The number of allylic oxidation sites excluding steroid dienone is 1. The number of hydrogen-bond acceptors (Lipinski definition) is 5. The van der Waals surface area contributed by atoms with Crippen LogP contribution in [0.1, 0.15) is 20.8 Å². The molecule has 0 atom stereocenters. The molecule has 8 heteroatoms. The van der Waals surface area contributed by atoms with Gasteiger partial charge in [-0.1, -0.05) is 30.4 Å². The Labute approximate surface area is 151 Å². The standard InChI is InChI=1S/C13H15NO3S.C2H4O2.Cu/c1-3-17-13(16)11(9(2)15)12(18)14-10-7-5-4-6-8-10;1-2(3)4;/h4-8,15H,3H2,1-2H3,(H,14,18);1H3,(H,3,4);/b11-9+;;. The normalized spacial score (nSPS) is 10.0. The summed E-state index contributed by atoms with van der Waals surface area (Å²) in [5, 5.41) is 19.8. The molecule has 1 aromatic rings. The fraction of sp³-hybridized carbons (Fsp3) is 0.267. The minimum atomic E-state index is -0.833. The molecular weight excluding hydrogens is 370 g/mol. The molecule has 0 saturated heterocycles. The quantitative estimate of drug-likeness (QED) is 0.240. The summed E-state index contributed by atoms with van der Waals surface area (Å²) in [7, 11) is 0. The van der Waals surface area contributed by atoms with Crippen molar-refractivity contribution in [2.75, 3.05) is 11.9 Å². The first-order chi connectivity index (χ1) is 10.3. The first-order valence-corrected chi connectivity index (χ1v) is 6.83. The number of carbonyl (C=O) groups excluding carboxylic acids is 1. The number of para-hydroxylation sites is 1. The van der Waals surface area contributed by atoms with Gasteiger partial charge in [0.15, 0.2) is 0 Å². The number of carboxylic acid groups (broad SMARTS) is 1. The second kappa shape index (κ2) is 12.6. The minimum Gasteiger partial charge on any atom is -0.512 e. The van der Waals surface area contributed by atoms with Gasteiger partial charge >= 0.3 is 5.97 Å². The van der Waals surface area contributed by atoms with Gasteiger partial charge in [-0.3, -0.25) is 4.79 Å². The Balaban J connectivity index is 0. The van der Waals surface area contributed by atoms with Crippen LogP contribution in [-0.4, -0.2) is 33.7 Å². The van der Waals surface area contributed by atoms with Crippen molar-refractivity contribution in [2.24, 2.45) is 0 Å². The van der Waals surface area contributed by atoms with Gasteiger partial charge in [-0.15, -0.1) is 0 Å². The number of benzene rings is 1. The van der Waals surface area contributed by atoms with Crippen molar-refractivity contribution < 1.29 is 41.6 Å². The van der Waals surface area contributed by atoms with Crippen LogP contribution in [0, 0.1) is 0 Å². The van der Waals surface area contributed by atoms with E-state index in [2.05, 4.69) is 5.32 Å². The Morgan fingerprint density at radius 2 is 1.65 bits per heavy atom. The summed E-state index contributed by atoms with van der Waals surface area (Å²) in [4.78, 5) is 20.8. The Morgan fingerprint density at radius 1 is 1.17 bits per heavy atom. The van der Waals surface area contributed by atoms with Crippen LogP contribution in [0.3, 0.4) is 0 Å². The summed E-state index contributed by atoms with van der Waals surface area (Å²) in [6.45, 7) is 4.39. The van der Waals surface area contributed by atoms with E-state index in [1.165, 1.54) is 6.92 Å². The molecule has 23 heavy (non-hydrogen) atoms. The number of rotatable bonds is 4. The van der Waals surface area contributed by atoms with E-state index < -0.39 is 11.9 Å². The van der Waals surface area contributed by atoms with Crippen molar-refractivity contribution in [3.8, 4) is 0 Å². The van der Waals surface area contributed by atoms with Crippen LogP contribution in [0.15, 0.2) is 41.7 Å². The number of ether oxygens (including phenoxy) is 1. The number of carboxylic acids is 1. The summed E-state index contributed by atoms with van der Waals surface area (Å²) in [6.07, 6.45) is 0. The molecule has 0 aromatic heterocycles. The molecule has 0 bridgehead atoms. The maximum Gasteiger partial charge on any atom is 0.344 e. The first-order valence-electron chi connectivity index (χ1n) is 6.42. The number of nitrogens with one attached hydrogen (secondary N) is 1. The molecular formula is C15H19CuNO5S. The molecule has 6 nitrogen and oxygen atoms in total. The minimum absolute atomic E-state index is 0. The number of aliphatic hydroxyl groups is 1. The van der Waals surface area contributed by atoms with Crippen LogP contribution in [-0.2, 0) is 31.4 Å². The fourth-order valence-corrected chi connectivity index (χ4v) is 1.67. The molecule has 1 rings (SSSR count). The van der Waals surface area contributed by atoms with E-state index in [1.807, 2.05) is 30.3 Å². The summed E-state index contributed by atoms with van der Waals surface area (Å²) in [5.74, 6) is -1.63. The summed E-state index contributed by atoms with van der Waals surface area (Å²) in [5.41, 5.74) is 0.723. The van der Waals surface area contributed by atoms with Gasteiger partial charge in [-0.05, 0) is 26.0 Å². The zero-order valence-corrected chi connectivity index (χ0v) is 14.7. The van der Waals surface area contributed by atoms with E-state index in [4.69, 9.17) is 26.9 Å². The third-order valence-corrected chi connectivity index (χ3v) is 2.41. The topological polar surface area (TPSA) is 95.9 Å². The second-order valence-electron chi connectivity index (χ2n) is 4.02. The number of aliphatic carboxylic acids is 1. The van der Waals surface area contributed by atoms with E-state index in [0.29, 0.717) is 0 Å². The third-order valence-electron chi connectivity index (χ3n) is 2.10. The Hall–Kier alpha value is -1.89. The van der Waals surface area contributed by atoms with Crippen LogP contribution in [0.5, 0.6) is 0 Å². The summed E-state index contributed by atoms with van der Waals surface area (Å²) >= 11 is 5.09. The van der Waals surface area contributed by atoms with Crippen LogP contribution < -0.4 is 5.32 Å². The maximum atomic E-state index is 11.6. The average Bonchev–Trinajstić information content (AvgIpc) is 2.39. The molecule has 0 aliphatic heterocycles. The monoisotopic (exact) mass is 388 g/mol. The molecule has 0 aliphatic carbocycles. The van der Waals surface area contributed by atoms with Gasteiger partial charge in [0.25, 0.3) is 5.97 Å². The van der Waals surface area contributed by atoms with Gasteiger partial charge in [-0.2, -0.15) is 0 Å². The van der Waals surface area contributed by atoms with Crippen molar-refractivity contribution in [2.45, 2.75) is 20.8 Å². The summed E-state index contributed by atoms with van der Waals surface area (Å²) < 4.78 is 4.84. The van der Waals surface area contributed by atoms with Crippen molar-refractivity contribution in [1.29, 1.82) is 0 Å². The molecule has 0 unspecified atom stereocenters. The number of anilines is 1. The van der Waals surface area contributed by atoms with Crippen LogP contribution >= 0.6 is 12.2 Å². The van der Waals surface area contributed by atoms with Gasteiger partial charge < -0.3 is 20.3 Å². The Morgan fingerprint density at radius 3 is 2.04 bits per heavy atom. The van der Waals surface area contributed by atoms with E-state index in [0.717, 1.165) is 12.6 Å². The SMILES string of the molecule is CC(=O)O.CCOC(=O)/C(C(=S)Nc1ccccc1)=C(\C)O.[Cu]. The molecule has 131 valence electrons. The van der Waals surface area contributed by atoms with Crippen molar-refractivity contribution in [1.82, 2.24) is 0 Å². The van der Waals surface area contributed by atoms with Crippen molar-refractivity contribution in [3.05, 3.63) is 41.7 Å². The smallest absolute Gasteiger partial charge is 0.344 e. The molecule has 0 fully saturated rings. The summed E-state index contributed by atoms with van der Waals surface area (Å²) in [6, 6.07) is 9.16. The average molecular weight is 389 g/mol. The van der Waals surface area contributed by atoms with Gasteiger partial charge in [0.2, 0.25) is 0 Å². The van der Waals surface area contributed by atoms with Crippen molar-refractivity contribution >= 4 is 34.8 Å². The molecule has 0 spiro atoms. The van der Waals surface area contributed by atoms with E-state index in [1.54, 1.807) is 6.92 Å². The number of carbonyl (C=O) groups is 2. The van der Waals surface area contributed by atoms with E-state index >= 15 is 0 Å². The first kappa shape index (κ1) is 23.4. The number of aliphatic hydroxyl groups excluding tert-OH is 1. The van der Waals surface area contributed by atoms with Gasteiger partial charge in [0.05, 0.1) is 6.61 Å². The largest absolute Gasteiger partial charge is 0.512 e. The Bertz CT molecular complexity index is 552. The van der Waals surface area contributed by atoms with Crippen molar-refractivity contribution in [3.63, 3.8) is 0 Å². The van der Waals surface area contributed by atoms with Crippen LogP contribution in [0.4, 0.5) is 5.69 Å². The molecule has 1 radical (unpaired) electrons. The van der Waals surface area contributed by atoms with E-state index in [-0.39, 0.29) is 40.0 Å². The number of thiocarbonyl (C=S) groups is 1. The number of hydrogen-bond donors (Lipinski definition) is 3. The van der Waals surface area contributed by atoms with Crippen LogP contribution in [0.25, 0.3) is 0 Å². The second-order valence-corrected chi connectivity index (χ2v) is 4.43. The maximum absolute atomic E-state index is 11.6. The molecule has 3 N–H and O–H groups in total. The molecule has 0 saturated carbocycles. The van der Waals surface area contributed by atoms with Gasteiger partial charge in [0.1, 0.15) is 16.3 Å². The zero-order chi connectivity index (χ0) is 17.1. The molecule has 0 amide bonds. The Kier molecular flexibility index (Phi) is 12.8. The van der Waals surface area contributed by atoms with Crippen LogP contribution in [0.2, 0.25) is 0 Å².